The Kier molecular flexibility index (Phi) is 6.06. The van der Waals surface area contributed by atoms with E-state index in [1.807, 2.05) is 6.92 Å². The lowest BCUT2D eigenvalue weighted by Crippen LogP contribution is -2.18. The molecule has 1 aromatic carbocycles. The van der Waals surface area contributed by atoms with Gasteiger partial charge in [-0.1, -0.05) is 26.0 Å². The van der Waals surface area contributed by atoms with Gasteiger partial charge in [-0.3, -0.25) is 0 Å². The molecule has 17 heavy (non-hydrogen) atoms. The fraction of sp³-hybridized carbons (Fsp3) is 0.600. The maximum Gasteiger partial charge on any atom is 0.119 e. The second-order valence-electron chi connectivity index (χ2n) is 4.65. The van der Waals surface area contributed by atoms with Gasteiger partial charge in [0.2, 0.25) is 0 Å². The molecule has 96 valence electrons. The van der Waals surface area contributed by atoms with E-state index in [0.29, 0.717) is 12.0 Å². The minimum Gasteiger partial charge on any atom is -0.494 e. The average molecular weight is 235 g/mol. The van der Waals surface area contributed by atoms with Gasteiger partial charge in [0.25, 0.3) is 0 Å². The van der Waals surface area contributed by atoms with Crippen molar-refractivity contribution >= 4 is 0 Å². The minimum atomic E-state index is 0.347. The zero-order valence-electron chi connectivity index (χ0n) is 11.3. The quantitative estimate of drug-likeness (QED) is 0.782. The topological polar surface area (TPSA) is 35.2 Å². The third-order valence-corrected chi connectivity index (χ3v) is 3.25. The van der Waals surface area contributed by atoms with E-state index in [1.54, 1.807) is 0 Å². The van der Waals surface area contributed by atoms with E-state index in [-0.39, 0.29) is 0 Å². The summed E-state index contributed by atoms with van der Waals surface area (Å²) in [5.41, 5.74) is 7.31. The van der Waals surface area contributed by atoms with Crippen LogP contribution in [0.1, 0.15) is 51.5 Å². The van der Waals surface area contributed by atoms with E-state index in [1.165, 1.54) is 5.56 Å². The van der Waals surface area contributed by atoms with Crippen molar-refractivity contribution in [1.29, 1.82) is 0 Å². The lowest BCUT2D eigenvalue weighted by Gasteiger charge is -2.15. The molecule has 2 heteroatoms. The highest BCUT2D eigenvalue weighted by molar-refractivity contribution is 5.29. The molecule has 0 aliphatic rings. The summed E-state index contributed by atoms with van der Waals surface area (Å²) < 4.78 is 5.44. The van der Waals surface area contributed by atoms with Crippen molar-refractivity contribution in [3.8, 4) is 5.75 Å². The zero-order chi connectivity index (χ0) is 12.7. The Balaban J connectivity index is 2.48. The Morgan fingerprint density at radius 3 is 2.29 bits per heavy atom. The molecule has 1 aromatic rings. The Hall–Kier alpha value is -1.02. The van der Waals surface area contributed by atoms with E-state index in [2.05, 4.69) is 38.1 Å². The summed E-state index contributed by atoms with van der Waals surface area (Å²) in [5.74, 6) is 1.52. The van der Waals surface area contributed by atoms with Crippen LogP contribution in [-0.4, -0.2) is 12.6 Å². The second-order valence-corrected chi connectivity index (χ2v) is 4.65. The Labute approximate surface area is 105 Å². The maximum atomic E-state index is 5.94. The number of nitrogens with two attached hydrogens (primary N) is 1. The summed E-state index contributed by atoms with van der Waals surface area (Å²) in [6.07, 6.45) is 3.32. The van der Waals surface area contributed by atoms with Crippen LogP contribution in [0.3, 0.4) is 0 Å². The lowest BCUT2D eigenvalue weighted by molar-refractivity contribution is 0.340. The van der Waals surface area contributed by atoms with Gasteiger partial charge < -0.3 is 10.5 Å². The van der Waals surface area contributed by atoms with E-state index in [4.69, 9.17) is 10.5 Å². The van der Waals surface area contributed by atoms with E-state index in [9.17, 15) is 0 Å². The number of hydrogen-bond acceptors (Lipinski definition) is 2. The van der Waals surface area contributed by atoms with Gasteiger partial charge in [0.1, 0.15) is 5.75 Å². The van der Waals surface area contributed by atoms with Gasteiger partial charge in [-0.05, 0) is 49.8 Å². The highest BCUT2D eigenvalue weighted by atomic mass is 16.5. The fourth-order valence-corrected chi connectivity index (χ4v) is 1.89. The smallest absolute Gasteiger partial charge is 0.119 e. The number of rotatable bonds is 7. The van der Waals surface area contributed by atoms with Gasteiger partial charge in [0.05, 0.1) is 6.61 Å². The maximum absolute atomic E-state index is 5.94. The molecule has 0 aliphatic heterocycles. The molecule has 0 aliphatic carbocycles. The molecule has 0 bridgehead atoms. The summed E-state index contributed by atoms with van der Waals surface area (Å²) >= 11 is 0. The molecule has 2 nitrogen and oxygen atoms in total. The first-order valence-electron chi connectivity index (χ1n) is 6.65. The molecule has 0 heterocycles. The summed E-state index contributed by atoms with van der Waals surface area (Å²) in [7, 11) is 0. The van der Waals surface area contributed by atoms with Gasteiger partial charge >= 0.3 is 0 Å². The standard InChI is InChI=1S/C15H25NO/c1-4-14(16)9-6-12(3)13-7-10-15(11-8-13)17-5-2/h7-8,10-12,14H,4-6,9,16H2,1-3H3. The van der Waals surface area contributed by atoms with Crippen molar-refractivity contribution < 1.29 is 4.74 Å². The first kappa shape index (κ1) is 14.0. The van der Waals surface area contributed by atoms with Gasteiger partial charge in [-0.15, -0.1) is 0 Å². The van der Waals surface area contributed by atoms with Gasteiger partial charge in [-0.2, -0.15) is 0 Å². The molecule has 2 N–H and O–H groups in total. The highest BCUT2D eigenvalue weighted by Crippen LogP contribution is 2.23. The summed E-state index contributed by atoms with van der Waals surface area (Å²) in [4.78, 5) is 0. The number of hydrogen-bond donors (Lipinski definition) is 1. The molecule has 0 fully saturated rings. The van der Waals surface area contributed by atoms with Crippen LogP contribution in [0.4, 0.5) is 0 Å². The zero-order valence-corrected chi connectivity index (χ0v) is 11.3. The van der Waals surface area contributed by atoms with Crippen LogP contribution in [0.15, 0.2) is 24.3 Å². The van der Waals surface area contributed by atoms with Crippen LogP contribution >= 0.6 is 0 Å². The molecule has 0 saturated heterocycles. The molecule has 0 saturated carbocycles. The summed E-state index contributed by atoms with van der Waals surface area (Å²) in [6, 6.07) is 8.77. The van der Waals surface area contributed by atoms with Crippen molar-refractivity contribution in [2.45, 2.75) is 52.0 Å². The Bertz CT molecular complexity index is 307. The van der Waals surface area contributed by atoms with Crippen LogP contribution < -0.4 is 10.5 Å². The first-order valence-corrected chi connectivity index (χ1v) is 6.65. The molecule has 0 radical (unpaired) electrons. The summed E-state index contributed by atoms with van der Waals surface area (Å²) in [6.45, 7) is 7.13. The lowest BCUT2D eigenvalue weighted by atomic mass is 9.94. The molecule has 0 amide bonds. The predicted octanol–water partition coefficient (Wildman–Crippen LogP) is 3.71. The van der Waals surface area contributed by atoms with Crippen molar-refractivity contribution in [3.05, 3.63) is 29.8 Å². The van der Waals surface area contributed by atoms with Crippen LogP contribution in [0.2, 0.25) is 0 Å². The van der Waals surface area contributed by atoms with Crippen LogP contribution in [0.5, 0.6) is 5.75 Å². The average Bonchev–Trinajstić information content (AvgIpc) is 2.36. The molecular weight excluding hydrogens is 210 g/mol. The van der Waals surface area contributed by atoms with Crippen molar-refractivity contribution in [3.63, 3.8) is 0 Å². The molecule has 2 unspecified atom stereocenters. The third-order valence-electron chi connectivity index (χ3n) is 3.25. The minimum absolute atomic E-state index is 0.347. The van der Waals surface area contributed by atoms with Crippen LogP contribution in [0, 0.1) is 0 Å². The van der Waals surface area contributed by atoms with Gasteiger partial charge in [0.15, 0.2) is 0 Å². The van der Waals surface area contributed by atoms with Crippen LogP contribution in [0.25, 0.3) is 0 Å². The molecule has 0 aromatic heterocycles. The predicted molar refractivity (Wildman–Crippen MR) is 73.5 cm³/mol. The second kappa shape index (κ2) is 7.33. The Morgan fingerprint density at radius 2 is 1.76 bits per heavy atom. The first-order chi connectivity index (χ1) is 8.17. The normalized spacial score (nSPS) is 14.4. The van der Waals surface area contributed by atoms with Crippen molar-refractivity contribution in [1.82, 2.24) is 0 Å². The highest BCUT2D eigenvalue weighted by Gasteiger charge is 2.08. The van der Waals surface area contributed by atoms with Crippen molar-refractivity contribution in [2.24, 2.45) is 5.73 Å². The van der Waals surface area contributed by atoms with Crippen molar-refractivity contribution in [2.75, 3.05) is 6.61 Å². The molecule has 2 atom stereocenters. The van der Waals surface area contributed by atoms with E-state index in [0.717, 1.165) is 31.6 Å². The van der Waals surface area contributed by atoms with E-state index >= 15 is 0 Å². The SMILES string of the molecule is CCOc1ccc(C(C)CCC(N)CC)cc1. The third kappa shape index (κ3) is 4.78. The van der Waals surface area contributed by atoms with Crippen LogP contribution in [-0.2, 0) is 0 Å². The number of ether oxygens (including phenoxy) is 1. The Morgan fingerprint density at radius 1 is 1.12 bits per heavy atom. The molecule has 1 rings (SSSR count). The van der Waals surface area contributed by atoms with Gasteiger partial charge in [0, 0.05) is 6.04 Å². The van der Waals surface area contributed by atoms with Gasteiger partial charge in [-0.25, -0.2) is 0 Å². The monoisotopic (exact) mass is 235 g/mol. The fourth-order valence-electron chi connectivity index (χ4n) is 1.89. The van der Waals surface area contributed by atoms with E-state index < -0.39 is 0 Å². The molecule has 0 spiro atoms. The molecular formula is C15H25NO. The summed E-state index contributed by atoms with van der Waals surface area (Å²) in [5, 5.41) is 0. The number of benzene rings is 1. The largest absolute Gasteiger partial charge is 0.494 e.